The number of aromatic nitrogens is 1. The van der Waals surface area contributed by atoms with Gasteiger partial charge in [0, 0.05) is 21.9 Å². The second kappa shape index (κ2) is 11.6. The first kappa shape index (κ1) is 27.0. The molecular formula is C28H32N2O5S2. The zero-order valence-electron chi connectivity index (χ0n) is 21.7. The Balaban J connectivity index is 1.56. The number of thiazole rings is 1. The van der Waals surface area contributed by atoms with Crippen molar-refractivity contribution in [2.75, 3.05) is 6.61 Å². The summed E-state index contributed by atoms with van der Waals surface area (Å²) in [7, 11) is -1.20. The summed E-state index contributed by atoms with van der Waals surface area (Å²) in [5.74, 6) is 0.363. The van der Waals surface area contributed by atoms with Gasteiger partial charge in [-0.3, -0.25) is 4.79 Å². The van der Waals surface area contributed by atoms with Gasteiger partial charge in [0.1, 0.15) is 22.9 Å². The number of fused-ring (bicyclic) bond motifs is 1. The maximum atomic E-state index is 12.5. The smallest absolute Gasteiger partial charge is 0.310 e. The average molecular weight is 541 g/mol. The van der Waals surface area contributed by atoms with Crippen LogP contribution in [0, 0.1) is 0 Å². The van der Waals surface area contributed by atoms with Crippen LogP contribution in [0.5, 0.6) is 5.75 Å². The molecule has 0 aliphatic carbocycles. The molecule has 2 aromatic heterocycles. The SMILES string of the molecule is CCOC(=O)Cc1ccccc1OCc1cc(-c2csc(C(C)NS(=O)C(C)(C)C)n2)c2occc2c1. The fraction of sp³-hybridized carbons (Fsp3) is 0.357. The van der Waals surface area contributed by atoms with E-state index in [0.29, 0.717) is 19.0 Å². The van der Waals surface area contributed by atoms with Crippen LogP contribution in [0.1, 0.15) is 56.8 Å². The second-order valence-corrected chi connectivity index (χ2v) is 12.5. The van der Waals surface area contributed by atoms with Crippen molar-refractivity contribution in [3.8, 4) is 17.0 Å². The molecule has 2 aromatic carbocycles. The van der Waals surface area contributed by atoms with Gasteiger partial charge in [0.2, 0.25) is 0 Å². The van der Waals surface area contributed by atoms with Crippen LogP contribution >= 0.6 is 11.3 Å². The summed E-state index contributed by atoms with van der Waals surface area (Å²) in [6.45, 7) is 10.2. The number of para-hydroxylation sites is 1. The lowest BCUT2D eigenvalue weighted by Crippen LogP contribution is -2.34. The number of nitrogens with zero attached hydrogens (tertiary/aromatic N) is 1. The Labute approximate surface area is 223 Å². The van der Waals surface area contributed by atoms with E-state index in [1.165, 1.54) is 11.3 Å². The van der Waals surface area contributed by atoms with E-state index in [9.17, 15) is 9.00 Å². The maximum absolute atomic E-state index is 12.5. The van der Waals surface area contributed by atoms with Crippen LogP contribution in [-0.2, 0) is 33.5 Å². The fourth-order valence-electron chi connectivity index (χ4n) is 3.73. The molecule has 196 valence electrons. The van der Waals surface area contributed by atoms with Gasteiger partial charge in [-0.05, 0) is 64.4 Å². The number of benzene rings is 2. The van der Waals surface area contributed by atoms with Gasteiger partial charge < -0.3 is 13.9 Å². The number of nitrogens with one attached hydrogen (secondary N) is 1. The zero-order chi connectivity index (χ0) is 26.6. The van der Waals surface area contributed by atoms with Crippen molar-refractivity contribution < 1.29 is 22.9 Å². The molecule has 0 fully saturated rings. The van der Waals surface area contributed by atoms with Gasteiger partial charge in [-0.25, -0.2) is 13.9 Å². The molecule has 4 aromatic rings. The Kier molecular flexibility index (Phi) is 8.46. The quantitative estimate of drug-likeness (QED) is 0.236. The van der Waals surface area contributed by atoms with Crippen LogP contribution < -0.4 is 9.46 Å². The van der Waals surface area contributed by atoms with Crippen LogP contribution in [0.2, 0.25) is 0 Å². The molecule has 0 bridgehead atoms. The summed E-state index contributed by atoms with van der Waals surface area (Å²) < 4.78 is 32.4. The molecule has 9 heteroatoms. The standard InChI is InChI=1S/C28H32N2O5S2/c1-6-33-25(31)15-20-9-7-8-10-24(20)35-16-19-13-21-11-12-34-26(21)22(14-19)23-17-36-27(29-23)18(2)30-37(32)28(3,4)5/h7-14,17-18,30H,6,15-16H2,1-5H3. The Morgan fingerprint density at radius 1 is 1.22 bits per heavy atom. The lowest BCUT2D eigenvalue weighted by atomic mass is 10.1. The number of hydrogen-bond acceptors (Lipinski definition) is 7. The van der Waals surface area contributed by atoms with Crippen LogP contribution in [0.3, 0.4) is 0 Å². The van der Waals surface area contributed by atoms with E-state index >= 15 is 0 Å². The van der Waals surface area contributed by atoms with E-state index in [0.717, 1.165) is 38.4 Å². The molecule has 4 rings (SSSR count). The maximum Gasteiger partial charge on any atom is 0.310 e. The predicted molar refractivity (Wildman–Crippen MR) is 148 cm³/mol. The number of ether oxygens (including phenoxy) is 2. The molecule has 0 amide bonds. The third-order valence-corrected chi connectivity index (χ3v) is 8.33. The average Bonchev–Trinajstić information content (AvgIpc) is 3.52. The number of rotatable bonds is 10. The number of furan rings is 1. The molecule has 0 spiro atoms. The van der Waals surface area contributed by atoms with Gasteiger partial charge in [-0.15, -0.1) is 11.3 Å². The molecule has 37 heavy (non-hydrogen) atoms. The highest BCUT2D eigenvalue weighted by Gasteiger charge is 2.23. The highest BCUT2D eigenvalue weighted by molar-refractivity contribution is 7.84. The van der Waals surface area contributed by atoms with E-state index < -0.39 is 11.0 Å². The van der Waals surface area contributed by atoms with Gasteiger partial charge in [-0.1, -0.05) is 18.2 Å². The van der Waals surface area contributed by atoms with Crippen LogP contribution in [-0.4, -0.2) is 26.5 Å². The topological polar surface area (TPSA) is 90.7 Å². The van der Waals surface area contributed by atoms with Crippen LogP contribution in [0.15, 0.2) is 58.5 Å². The third kappa shape index (κ3) is 6.66. The van der Waals surface area contributed by atoms with Gasteiger partial charge >= 0.3 is 5.97 Å². The number of carbonyl (C=O) groups is 1. The molecule has 7 nitrogen and oxygen atoms in total. The molecule has 0 aliphatic rings. The third-order valence-electron chi connectivity index (χ3n) is 5.63. The minimum atomic E-state index is -1.20. The van der Waals surface area contributed by atoms with Gasteiger partial charge in [0.15, 0.2) is 0 Å². The summed E-state index contributed by atoms with van der Waals surface area (Å²) in [4.78, 5) is 16.8. The van der Waals surface area contributed by atoms with Crippen molar-refractivity contribution in [1.82, 2.24) is 9.71 Å². The largest absolute Gasteiger partial charge is 0.489 e. The van der Waals surface area contributed by atoms with E-state index in [-0.39, 0.29) is 23.2 Å². The summed E-state index contributed by atoms with van der Waals surface area (Å²) >= 11 is 1.52. The predicted octanol–water partition coefficient (Wildman–Crippen LogP) is 6.35. The number of carbonyl (C=O) groups excluding carboxylic acids is 1. The normalized spacial score (nSPS) is 13.4. The van der Waals surface area contributed by atoms with Crippen molar-refractivity contribution >= 4 is 39.3 Å². The molecular weight excluding hydrogens is 508 g/mol. The minimum Gasteiger partial charge on any atom is -0.489 e. The zero-order valence-corrected chi connectivity index (χ0v) is 23.3. The summed E-state index contributed by atoms with van der Waals surface area (Å²) in [5, 5.41) is 3.79. The molecule has 2 atom stereocenters. The first-order valence-corrected chi connectivity index (χ1v) is 14.2. The van der Waals surface area contributed by atoms with E-state index in [1.54, 1.807) is 13.2 Å². The van der Waals surface area contributed by atoms with Gasteiger partial charge in [0.05, 0.1) is 46.8 Å². The van der Waals surface area contributed by atoms with Crippen molar-refractivity contribution in [1.29, 1.82) is 0 Å². The van der Waals surface area contributed by atoms with Crippen molar-refractivity contribution in [3.05, 3.63) is 70.2 Å². The minimum absolute atomic E-state index is 0.157. The first-order chi connectivity index (χ1) is 17.7. The summed E-state index contributed by atoms with van der Waals surface area (Å²) in [6, 6.07) is 13.3. The Morgan fingerprint density at radius 3 is 2.76 bits per heavy atom. The van der Waals surface area contributed by atoms with Crippen LogP contribution in [0.25, 0.3) is 22.2 Å². The summed E-state index contributed by atoms with van der Waals surface area (Å²) in [5.41, 5.74) is 4.14. The summed E-state index contributed by atoms with van der Waals surface area (Å²) in [6.07, 6.45) is 1.82. The van der Waals surface area contributed by atoms with Crippen molar-refractivity contribution in [3.63, 3.8) is 0 Å². The van der Waals surface area contributed by atoms with Gasteiger partial charge in [0.25, 0.3) is 0 Å². The highest BCUT2D eigenvalue weighted by atomic mass is 32.2. The molecule has 2 heterocycles. The van der Waals surface area contributed by atoms with E-state index in [4.69, 9.17) is 18.9 Å². The Bertz CT molecular complexity index is 1400. The Hall–Kier alpha value is -3.01. The van der Waals surface area contributed by atoms with Crippen molar-refractivity contribution in [2.45, 2.75) is 58.4 Å². The molecule has 2 unspecified atom stereocenters. The second-order valence-electron chi connectivity index (χ2n) is 9.65. The van der Waals surface area contributed by atoms with Gasteiger partial charge in [-0.2, -0.15) is 0 Å². The van der Waals surface area contributed by atoms with E-state index in [2.05, 4.69) is 4.72 Å². The van der Waals surface area contributed by atoms with E-state index in [1.807, 2.05) is 75.5 Å². The lowest BCUT2D eigenvalue weighted by molar-refractivity contribution is -0.142. The van der Waals surface area contributed by atoms with Crippen molar-refractivity contribution in [2.24, 2.45) is 0 Å². The molecule has 1 N–H and O–H groups in total. The molecule has 0 saturated carbocycles. The monoisotopic (exact) mass is 540 g/mol. The number of esters is 1. The number of hydrogen-bond donors (Lipinski definition) is 1. The highest BCUT2D eigenvalue weighted by Crippen LogP contribution is 2.34. The Morgan fingerprint density at radius 2 is 2.00 bits per heavy atom. The van der Waals surface area contributed by atoms with Crippen LogP contribution in [0.4, 0.5) is 0 Å². The molecule has 0 radical (unpaired) electrons. The fourth-order valence-corrected chi connectivity index (χ4v) is 5.42. The molecule has 0 saturated heterocycles. The molecule has 0 aliphatic heterocycles. The first-order valence-electron chi connectivity index (χ1n) is 12.2. The lowest BCUT2D eigenvalue weighted by Gasteiger charge is -2.20.